The Hall–Kier alpha value is -3.36. The largest absolute Gasteiger partial charge is 0.306 e. The molecule has 0 aliphatic carbocycles. The molecule has 0 spiro atoms. The molecule has 4 aromatic rings. The van der Waals surface area contributed by atoms with E-state index in [2.05, 4.69) is 29.9 Å². The molecule has 3 aromatic heterocycles. The van der Waals surface area contributed by atoms with Crippen LogP contribution in [-0.2, 0) is 19.5 Å². The number of aromatic amines is 1. The number of hydrogen-bond donors (Lipinski definition) is 1. The second-order valence-corrected chi connectivity index (χ2v) is 7.89. The topological polar surface area (TPSA) is 92.6 Å². The molecular weight excluding hydrogens is 414 g/mol. The number of H-pyrrole nitrogens is 1. The molecule has 8 nitrogen and oxygen atoms in total. The van der Waals surface area contributed by atoms with Crippen molar-refractivity contribution in [1.29, 1.82) is 0 Å². The first kappa shape index (κ1) is 19.6. The van der Waals surface area contributed by atoms with Gasteiger partial charge in [0.05, 0.1) is 28.2 Å². The van der Waals surface area contributed by atoms with Crippen molar-refractivity contribution in [2.24, 2.45) is 0 Å². The van der Waals surface area contributed by atoms with E-state index in [0.717, 1.165) is 29.2 Å². The summed E-state index contributed by atoms with van der Waals surface area (Å²) in [5.74, 6) is 0.501. The summed E-state index contributed by atoms with van der Waals surface area (Å²) in [6.07, 6.45) is 5.41. The number of para-hydroxylation sites is 1. The summed E-state index contributed by atoms with van der Waals surface area (Å²) in [6, 6.07) is 9.82. The Labute approximate surface area is 183 Å². The Morgan fingerprint density at radius 1 is 1.16 bits per heavy atom. The van der Waals surface area contributed by atoms with Crippen LogP contribution in [0.2, 0.25) is 5.15 Å². The van der Waals surface area contributed by atoms with Crippen molar-refractivity contribution >= 4 is 11.6 Å². The van der Waals surface area contributed by atoms with E-state index < -0.39 is 0 Å². The minimum absolute atomic E-state index is 0.128. The van der Waals surface area contributed by atoms with Gasteiger partial charge in [0.25, 0.3) is 5.56 Å². The summed E-state index contributed by atoms with van der Waals surface area (Å²) in [5, 5.41) is 5.22. The molecule has 31 heavy (non-hydrogen) atoms. The summed E-state index contributed by atoms with van der Waals surface area (Å²) >= 11 is 6.69. The van der Waals surface area contributed by atoms with Crippen LogP contribution < -0.4 is 5.56 Å². The van der Waals surface area contributed by atoms with Gasteiger partial charge in [0.1, 0.15) is 17.3 Å². The molecule has 9 heteroatoms. The molecule has 156 valence electrons. The summed E-state index contributed by atoms with van der Waals surface area (Å²) in [7, 11) is 0. The van der Waals surface area contributed by atoms with Crippen molar-refractivity contribution in [2.45, 2.75) is 26.4 Å². The number of nitrogens with zero attached hydrogens (tertiary/aromatic N) is 6. The highest BCUT2D eigenvalue weighted by Gasteiger charge is 2.24. The number of hydrogen-bond acceptors (Lipinski definition) is 6. The van der Waals surface area contributed by atoms with Gasteiger partial charge in [0, 0.05) is 44.0 Å². The highest BCUT2D eigenvalue weighted by atomic mass is 35.5. The lowest BCUT2D eigenvalue weighted by atomic mass is 10.1. The van der Waals surface area contributed by atoms with Gasteiger partial charge in [0.2, 0.25) is 0 Å². The maximum Gasteiger partial charge on any atom is 0.255 e. The van der Waals surface area contributed by atoms with E-state index in [1.165, 1.54) is 6.33 Å². The fourth-order valence-electron chi connectivity index (χ4n) is 3.85. The van der Waals surface area contributed by atoms with Gasteiger partial charge in [-0.1, -0.05) is 29.8 Å². The molecule has 0 fully saturated rings. The van der Waals surface area contributed by atoms with Crippen LogP contribution in [0.5, 0.6) is 0 Å². The van der Waals surface area contributed by atoms with Crippen LogP contribution >= 0.6 is 11.6 Å². The number of benzene rings is 1. The quantitative estimate of drug-likeness (QED) is 0.532. The fraction of sp³-hybridized carbons (Fsp3) is 0.227. The molecule has 0 bridgehead atoms. The first-order valence-electron chi connectivity index (χ1n) is 9.99. The smallest absolute Gasteiger partial charge is 0.255 e. The van der Waals surface area contributed by atoms with E-state index in [1.807, 2.05) is 37.3 Å². The van der Waals surface area contributed by atoms with Gasteiger partial charge in [-0.3, -0.25) is 9.69 Å². The Morgan fingerprint density at radius 2 is 1.94 bits per heavy atom. The Morgan fingerprint density at radius 3 is 2.71 bits per heavy atom. The zero-order valence-corrected chi connectivity index (χ0v) is 17.7. The lowest BCUT2D eigenvalue weighted by Gasteiger charge is -2.27. The predicted molar refractivity (Wildman–Crippen MR) is 117 cm³/mol. The van der Waals surface area contributed by atoms with Crippen molar-refractivity contribution in [3.63, 3.8) is 0 Å². The maximum absolute atomic E-state index is 12.8. The average Bonchev–Trinajstić information content (AvgIpc) is 3.09. The molecule has 1 N–H and O–H groups in total. The van der Waals surface area contributed by atoms with Gasteiger partial charge in [0.15, 0.2) is 0 Å². The number of fused-ring (bicyclic) bond motifs is 1. The highest BCUT2D eigenvalue weighted by Crippen LogP contribution is 2.27. The van der Waals surface area contributed by atoms with Crippen LogP contribution in [-0.4, -0.2) is 41.2 Å². The third-order valence-corrected chi connectivity index (χ3v) is 5.87. The third kappa shape index (κ3) is 3.75. The van der Waals surface area contributed by atoms with Gasteiger partial charge in [-0.25, -0.2) is 19.6 Å². The third-order valence-electron chi connectivity index (χ3n) is 5.49. The standard InChI is InChI=1S/C22H20ClN7O/c1-14-17(20(23)30(28-14)16-5-3-2-4-6-16)11-29-8-7-19-18(12-29)22(31)27-21(26-19)15-9-24-13-25-10-15/h2-6,9-10,13H,7-8,11-12H2,1H3,(H,26,27,31). The Bertz CT molecular complexity index is 1280. The summed E-state index contributed by atoms with van der Waals surface area (Å²) in [4.78, 5) is 30.5. The first-order chi connectivity index (χ1) is 15.1. The van der Waals surface area contributed by atoms with E-state index in [1.54, 1.807) is 17.1 Å². The van der Waals surface area contributed by atoms with E-state index in [0.29, 0.717) is 41.6 Å². The second-order valence-electron chi connectivity index (χ2n) is 7.53. The van der Waals surface area contributed by atoms with Crippen LogP contribution in [0.3, 0.4) is 0 Å². The van der Waals surface area contributed by atoms with Crippen molar-refractivity contribution in [3.05, 3.63) is 87.1 Å². The fourth-order valence-corrected chi connectivity index (χ4v) is 4.18. The Balaban J connectivity index is 1.40. The van der Waals surface area contributed by atoms with Crippen LogP contribution in [0.15, 0.2) is 53.8 Å². The first-order valence-corrected chi connectivity index (χ1v) is 10.4. The number of rotatable bonds is 4. The molecule has 0 radical (unpaired) electrons. The molecule has 1 aromatic carbocycles. The molecule has 1 aliphatic heterocycles. The minimum Gasteiger partial charge on any atom is -0.306 e. The normalized spacial score (nSPS) is 13.9. The molecule has 0 amide bonds. The van der Waals surface area contributed by atoms with Gasteiger partial charge >= 0.3 is 0 Å². The zero-order chi connectivity index (χ0) is 21.4. The van der Waals surface area contributed by atoms with Crippen LogP contribution in [0.1, 0.15) is 22.5 Å². The number of halogens is 1. The summed E-state index contributed by atoms with van der Waals surface area (Å²) < 4.78 is 1.76. The molecule has 4 heterocycles. The lowest BCUT2D eigenvalue weighted by Crippen LogP contribution is -2.35. The molecule has 5 rings (SSSR count). The number of aromatic nitrogens is 6. The van der Waals surface area contributed by atoms with Gasteiger partial charge in [-0.05, 0) is 19.1 Å². The molecule has 0 saturated heterocycles. The average molecular weight is 434 g/mol. The van der Waals surface area contributed by atoms with E-state index in [9.17, 15) is 4.79 Å². The van der Waals surface area contributed by atoms with Crippen molar-refractivity contribution in [1.82, 2.24) is 34.6 Å². The predicted octanol–water partition coefficient (Wildman–Crippen LogP) is 2.93. The van der Waals surface area contributed by atoms with E-state index >= 15 is 0 Å². The van der Waals surface area contributed by atoms with Gasteiger partial charge in [-0.2, -0.15) is 5.10 Å². The van der Waals surface area contributed by atoms with Gasteiger partial charge in [-0.15, -0.1) is 0 Å². The van der Waals surface area contributed by atoms with Crippen molar-refractivity contribution in [2.75, 3.05) is 6.54 Å². The highest BCUT2D eigenvalue weighted by molar-refractivity contribution is 6.30. The monoisotopic (exact) mass is 433 g/mol. The lowest BCUT2D eigenvalue weighted by molar-refractivity contribution is 0.241. The molecular formula is C22H20ClN7O. The van der Waals surface area contributed by atoms with Crippen LogP contribution in [0, 0.1) is 6.92 Å². The summed E-state index contributed by atoms with van der Waals surface area (Å²) in [6.45, 7) is 3.86. The van der Waals surface area contributed by atoms with Crippen LogP contribution in [0.25, 0.3) is 17.1 Å². The van der Waals surface area contributed by atoms with Crippen LogP contribution in [0.4, 0.5) is 0 Å². The summed E-state index contributed by atoms with van der Waals surface area (Å²) in [5.41, 5.74) is 4.85. The molecule has 0 unspecified atom stereocenters. The Kier molecular flexibility index (Phi) is 5.09. The molecule has 1 aliphatic rings. The van der Waals surface area contributed by atoms with Gasteiger partial charge < -0.3 is 4.98 Å². The second kappa shape index (κ2) is 8.05. The minimum atomic E-state index is -0.128. The zero-order valence-electron chi connectivity index (χ0n) is 16.9. The molecule has 0 atom stereocenters. The van der Waals surface area contributed by atoms with Crippen molar-refractivity contribution < 1.29 is 0 Å². The SMILES string of the molecule is Cc1nn(-c2ccccc2)c(Cl)c1CN1CCc2nc(-c3cncnc3)[nH]c(=O)c2C1. The maximum atomic E-state index is 12.8. The van der Waals surface area contributed by atoms with E-state index in [4.69, 9.17) is 11.6 Å². The molecule has 0 saturated carbocycles. The number of aryl methyl sites for hydroxylation is 1. The van der Waals surface area contributed by atoms with Crippen molar-refractivity contribution in [3.8, 4) is 17.1 Å². The number of nitrogens with one attached hydrogen (secondary N) is 1. The van der Waals surface area contributed by atoms with E-state index in [-0.39, 0.29) is 5.56 Å².